The Kier molecular flexibility index (Phi) is 5.48. The summed E-state index contributed by atoms with van der Waals surface area (Å²) in [6.07, 6.45) is -3.16. The molecule has 2 aromatic heterocycles. The fraction of sp³-hybridized carbons (Fsp3) is 0.333. The van der Waals surface area contributed by atoms with Crippen molar-refractivity contribution in [3.63, 3.8) is 0 Å². The summed E-state index contributed by atoms with van der Waals surface area (Å²) in [5.41, 5.74) is -0.371. The third-order valence-electron chi connectivity index (χ3n) is 4.17. The minimum atomic E-state index is -4.63. The third kappa shape index (κ3) is 4.21. The highest BCUT2D eigenvalue weighted by Gasteiger charge is 2.39. The van der Waals surface area contributed by atoms with Crippen molar-refractivity contribution in [3.8, 4) is 11.5 Å². The van der Waals surface area contributed by atoms with Crippen LogP contribution >= 0.6 is 0 Å². The highest BCUT2D eigenvalue weighted by atomic mass is 19.4. The summed E-state index contributed by atoms with van der Waals surface area (Å²) in [6, 6.07) is 9.26. The smallest absolute Gasteiger partial charge is 0.349 e. The Morgan fingerprint density at radius 2 is 2.00 bits per heavy atom. The Morgan fingerprint density at radius 3 is 2.64 bits per heavy atom. The van der Waals surface area contributed by atoms with Gasteiger partial charge in [0.2, 0.25) is 5.91 Å². The van der Waals surface area contributed by atoms with Crippen LogP contribution in [0.25, 0.3) is 11.5 Å². The number of carbonyl (C=O) groups is 1. The van der Waals surface area contributed by atoms with Crippen molar-refractivity contribution in [2.24, 2.45) is 7.05 Å². The number of amides is 1. The minimum Gasteiger partial charge on any atom is -0.349 e. The maximum Gasteiger partial charge on any atom is 0.433 e. The molecule has 0 radical (unpaired) electrons. The van der Waals surface area contributed by atoms with Crippen molar-refractivity contribution < 1.29 is 22.5 Å². The lowest BCUT2D eigenvalue weighted by Crippen LogP contribution is -2.29. The first-order valence-electron chi connectivity index (χ1n) is 8.56. The molecule has 0 saturated carbocycles. The van der Waals surface area contributed by atoms with Gasteiger partial charge in [-0.15, -0.1) is 0 Å². The number of aromatic nitrogens is 4. The zero-order chi connectivity index (χ0) is 20.3. The van der Waals surface area contributed by atoms with Gasteiger partial charge in [0.05, 0.1) is 24.2 Å². The normalized spacial score (nSPS) is 12.8. The lowest BCUT2D eigenvalue weighted by molar-refractivity contribution is -0.143. The molecule has 1 amide bonds. The summed E-state index contributed by atoms with van der Waals surface area (Å²) in [5.74, 6) is -0.698. The Balaban J connectivity index is 1.72. The molecule has 10 heteroatoms. The number of benzene rings is 1. The van der Waals surface area contributed by atoms with E-state index >= 15 is 0 Å². The number of hydrogen-bond donors (Lipinski definition) is 1. The molecule has 3 aromatic rings. The average Bonchev–Trinajstić information content (AvgIpc) is 3.26. The summed E-state index contributed by atoms with van der Waals surface area (Å²) in [7, 11) is 1.17. The van der Waals surface area contributed by atoms with E-state index in [1.165, 1.54) is 7.05 Å². The van der Waals surface area contributed by atoms with Gasteiger partial charge in [-0.25, -0.2) is 0 Å². The fourth-order valence-corrected chi connectivity index (χ4v) is 2.86. The van der Waals surface area contributed by atoms with Gasteiger partial charge < -0.3 is 9.84 Å². The minimum absolute atomic E-state index is 0.00704. The molecule has 28 heavy (non-hydrogen) atoms. The number of nitrogens with zero attached hydrogens (tertiary/aromatic N) is 4. The zero-order valence-corrected chi connectivity index (χ0v) is 15.2. The van der Waals surface area contributed by atoms with E-state index < -0.39 is 11.9 Å². The van der Waals surface area contributed by atoms with Crippen LogP contribution in [0.4, 0.5) is 13.2 Å². The molecule has 2 heterocycles. The van der Waals surface area contributed by atoms with Crippen molar-refractivity contribution in [2.45, 2.75) is 32.0 Å². The van der Waals surface area contributed by atoms with Gasteiger partial charge in [0.15, 0.2) is 11.5 Å². The van der Waals surface area contributed by atoms with Gasteiger partial charge in [-0.2, -0.15) is 23.3 Å². The van der Waals surface area contributed by atoms with Crippen LogP contribution in [-0.2, 0) is 24.4 Å². The highest BCUT2D eigenvalue weighted by Crippen LogP contribution is 2.35. The van der Waals surface area contributed by atoms with Crippen LogP contribution in [0.5, 0.6) is 0 Å². The Labute approximate surface area is 158 Å². The molecule has 0 spiro atoms. The predicted octanol–water partition coefficient (Wildman–Crippen LogP) is 3.30. The van der Waals surface area contributed by atoms with E-state index in [1.807, 2.05) is 37.3 Å². The van der Waals surface area contributed by atoms with Gasteiger partial charge in [0.25, 0.3) is 5.89 Å². The van der Waals surface area contributed by atoms with Gasteiger partial charge in [0.1, 0.15) is 0 Å². The predicted molar refractivity (Wildman–Crippen MR) is 92.8 cm³/mol. The molecular weight excluding hydrogens is 375 g/mol. The number of hydrogen-bond acceptors (Lipinski definition) is 5. The Hall–Kier alpha value is -3.17. The number of halogens is 3. The first kappa shape index (κ1) is 19.6. The molecule has 0 bridgehead atoms. The van der Waals surface area contributed by atoms with E-state index in [0.29, 0.717) is 11.1 Å². The maximum absolute atomic E-state index is 13.2. The molecule has 1 N–H and O–H groups in total. The molecule has 0 fully saturated rings. The summed E-state index contributed by atoms with van der Waals surface area (Å²) >= 11 is 0. The SMILES string of the molecule is CCC(NC(=O)Cc1noc(-c2cnn(C)c2C(F)(F)F)n1)c1ccccc1. The first-order valence-corrected chi connectivity index (χ1v) is 8.56. The fourth-order valence-electron chi connectivity index (χ4n) is 2.86. The molecule has 1 aromatic carbocycles. The lowest BCUT2D eigenvalue weighted by Gasteiger charge is -2.16. The molecule has 0 aliphatic rings. The Bertz CT molecular complexity index is 950. The van der Waals surface area contributed by atoms with E-state index in [-0.39, 0.29) is 35.6 Å². The van der Waals surface area contributed by atoms with Gasteiger partial charge in [-0.1, -0.05) is 42.4 Å². The molecule has 3 rings (SSSR count). The standard InChI is InChI=1S/C18H18F3N5O2/c1-3-13(11-7-5-4-6-8-11)23-15(27)9-14-24-17(28-25-14)12-10-22-26(2)16(12)18(19,20)21/h4-8,10,13H,3,9H2,1-2H3,(H,23,27). The van der Waals surface area contributed by atoms with E-state index in [4.69, 9.17) is 4.52 Å². The lowest BCUT2D eigenvalue weighted by atomic mass is 10.0. The van der Waals surface area contributed by atoms with Crippen LogP contribution in [0.1, 0.15) is 36.5 Å². The number of rotatable bonds is 6. The molecule has 7 nitrogen and oxygen atoms in total. The second kappa shape index (κ2) is 7.83. The van der Waals surface area contributed by atoms with Gasteiger partial charge in [0, 0.05) is 7.05 Å². The van der Waals surface area contributed by atoms with Crippen molar-refractivity contribution in [1.82, 2.24) is 25.2 Å². The molecule has 0 aliphatic carbocycles. The quantitative estimate of drug-likeness (QED) is 0.695. The van der Waals surface area contributed by atoms with Crippen LogP contribution < -0.4 is 5.32 Å². The Morgan fingerprint density at radius 1 is 1.29 bits per heavy atom. The molecule has 1 atom stereocenters. The number of carbonyl (C=O) groups excluding carboxylic acids is 1. The molecule has 148 valence electrons. The van der Waals surface area contributed by atoms with Crippen LogP contribution in [0.15, 0.2) is 41.1 Å². The van der Waals surface area contributed by atoms with E-state index in [0.717, 1.165) is 11.8 Å². The van der Waals surface area contributed by atoms with Gasteiger partial charge >= 0.3 is 6.18 Å². The zero-order valence-electron chi connectivity index (χ0n) is 15.2. The third-order valence-corrected chi connectivity index (χ3v) is 4.17. The van der Waals surface area contributed by atoms with Crippen LogP contribution in [-0.4, -0.2) is 25.8 Å². The van der Waals surface area contributed by atoms with E-state index in [1.54, 1.807) is 0 Å². The first-order chi connectivity index (χ1) is 13.3. The summed E-state index contributed by atoms with van der Waals surface area (Å²) in [6.45, 7) is 1.94. The monoisotopic (exact) mass is 393 g/mol. The van der Waals surface area contributed by atoms with Crippen molar-refractivity contribution in [3.05, 3.63) is 53.6 Å². The summed E-state index contributed by atoms with van der Waals surface area (Å²) in [5, 5.41) is 10.1. The van der Waals surface area contributed by atoms with Crippen molar-refractivity contribution >= 4 is 5.91 Å². The second-order valence-corrected chi connectivity index (χ2v) is 6.16. The largest absolute Gasteiger partial charge is 0.433 e. The maximum atomic E-state index is 13.2. The highest BCUT2D eigenvalue weighted by molar-refractivity contribution is 5.78. The van der Waals surface area contributed by atoms with Gasteiger partial charge in [-0.3, -0.25) is 9.48 Å². The van der Waals surface area contributed by atoms with Crippen LogP contribution in [0, 0.1) is 0 Å². The molecule has 0 saturated heterocycles. The van der Waals surface area contributed by atoms with Crippen molar-refractivity contribution in [2.75, 3.05) is 0 Å². The van der Waals surface area contributed by atoms with E-state index in [9.17, 15) is 18.0 Å². The molecular formula is C18H18F3N5O2. The molecule has 1 unspecified atom stereocenters. The summed E-state index contributed by atoms with van der Waals surface area (Å²) < 4.78 is 45.1. The summed E-state index contributed by atoms with van der Waals surface area (Å²) in [4.78, 5) is 16.2. The number of nitrogens with one attached hydrogen (secondary N) is 1. The van der Waals surface area contributed by atoms with Crippen molar-refractivity contribution in [1.29, 1.82) is 0 Å². The van der Waals surface area contributed by atoms with E-state index in [2.05, 4.69) is 20.6 Å². The number of alkyl halides is 3. The topological polar surface area (TPSA) is 85.8 Å². The second-order valence-electron chi connectivity index (χ2n) is 6.16. The van der Waals surface area contributed by atoms with Crippen LogP contribution in [0.2, 0.25) is 0 Å². The average molecular weight is 393 g/mol. The number of aryl methyl sites for hydroxylation is 1. The van der Waals surface area contributed by atoms with Gasteiger partial charge in [-0.05, 0) is 12.0 Å². The van der Waals surface area contributed by atoms with Crippen LogP contribution in [0.3, 0.4) is 0 Å². The molecule has 0 aliphatic heterocycles.